The van der Waals surface area contributed by atoms with Gasteiger partial charge in [0, 0.05) is 19.0 Å². The van der Waals surface area contributed by atoms with Gasteiger partial charge in [-0.15, -0.1) is 0 Å². The van der Waals surface area contributed by atoms with Crippen LogP contribution in [0.3, 0.4) is 0 Å². The Bertz CT molecular complexity index is 377. The molecule has 1 saturated heterocycles. The van der Waals surface area contributed by atoms with Crippen molar-refractivity contribution in [2.45, 2.75) is 38.3 Å². The van der Waals surface area contributed by atoms with E-state index < -0.39 is 0 Å². The zero-order valence-electron chi connectivity index (χ0n) is 10.3. The summed E-state index contributed by atoms with van der Waals surface area (Å²) < 4.78 is 0. The summed E-state index contributed by atoms with van der Waals surface area (Å²) in [6.07, 6.45) is 2.35. The minimum absolute atomic E-state index is 0.0531. The van der Waals surface area contributed by atoms with Crippen molar-refractivity contribution in [3.8, 4) is 0 Å². The minimum atomic E-state index is 0.0531. The SMILES string of the molecule is CCCN1C(=O)CCC(N)C1c1ccccc1. The van der Waals surface area contributed by atoms with Gasteiger partial charge in [-0.05, 0) is 18.4 Å². The third kappa shape index (κ3) is 2.50. The molecule has 3 nitrogen and oxygen atoms in total. The van der Waals surface area contributed by atoms with E-state index in [1.54, 1.807) is 0 Å². The summed E-state index contributed by atoms with van der Waals surface area (Å²) in [6.45, 7) is 2.89. The molecule has 0 aliphatic carbocycles. The highest BCUT2D eigenvalue weighted by atomic mass is 16.2. The number of nitrogens with two attached hydrogens (primary N) is 1. The Morgan fingerprint density at radius 3 is 2.71 bits per heavy atom. The number of nitrogens with zero attached hydrogens (tertiary/aromatic N) is 1. The lowest BCUT2D eigenvalue weighted by atomic mass is 9.90. The van der Waals surface area contributed by atoms with Crippen molar-refractivity contribution in [2.24, 2.45) is 5.73 Å². The van der Waals surface area contributed by atoms with E-state index in [1.807, 2.05) is 23.1 Å². The van der Waals surface area contributed by atoms with Gasteiger partial charge < -0.3 is 10.6 Å². The maximum absolute atomic E-state index is 12.0. The molecule has 2 rings (SSSR count). The highest BCUT2D eigenvalue weighted by Gasteiger charge is 2.33. The molecular weight excluding hydrogens is 212 g/mol. The maximum Gasteiger partial charge on any atom is 0.223 e. The van der Waals surface area contributed by atoms with Crippen LogP contribution in [0.2, 0.25) is 0 Å². The summed E-state index contributed by atoms with van der Waals surface area (Å²) in [6, 6.07) is 10.2. The Kier molecular flexibility index (Phi) is 3.79. The van der Waals surface area contributed by atoms with Crippen LogP contribution in [0, 0.1) is 0 Å². The van der Waals surface area contributed by atoms with Crippen molar-refractivity contribution in [3.05, 3.63) is 35.9 Å². The lowest BCUT2D eigenvalue weighted by Crippen LogP contribution is -2.49. The number of carbonyl (C=O) groups excluding carboxylic acids is 1. The topological polar surface area (TPSA) is 46.3 Å². The Morgan fingerprint density at radius 2 is 2.06 bits per heavy atom. The fourth-order valence-corrected chi connectivity index (χ4v) is 2.56. The van der Waals surface area contributed by atoms with Gasteiger partial charge in [-0.25, -0.2) is 0 Å². The molecule has 2 unspecified atom stereocenters. The summed E-state index contributed by atoms with van der Waals surface area (Å²) in [5.74, 6) is 0.238. The second-order valence-electron chi connectivity index (χ2n) is 4.65. The van der Waals surface area contributed by atoms with Crippen molar-refractivity contribution >= 4 is 5.91 Å². The Balaban J connectivity index is 2.28. The molecule has 0 spiro atoms. The van der Waals surface area contributed by atoms with E-state index in [2.05, 4.69) is 19.1 Å². The van der Waals surface area contributed by atoms with Crippen LogP contribution in [0.4, 0.5) is 0 Å². The standard InChI is InChI=1S/C14H20N2O/c1-2-10-16-13(17)9-8-12(15)14(16)11-6-4-3-5-7-11/h3-7,12,14H,2,8-10,15H2,1H3. The van der Waals surface area contributed by atoms with Crippen LogP contribution >= 0.6 is 0 Å². The highest BCUT2D eigenvalue weighted by Crippen LogP contribution is 2.30. The zero-order chi connectivity index (χ0) is 12.3. The summed E-state index contributed by atoms with van der Waals surface area (Å²) in [5.41, 5.74) is 7.35. The van der Waals surface area contributed by atoms with E-state index in [1.165, 1.54) is 0 Å². The van der Waals surface area contributed by atoms with Gasteiger partial charge in [0.1, 0.15) is 0 Å². The van der Waals surface area contributed by atoms with Gasteiger partial charge in [0.05, 0.1) is 6.04 Å². The molecule has 3 heteroatoms. The lowest BCUT2D eigenvalue weighted by Gasteiger charge is -2.40. The molecule has 1 aromatic carbocycles. The number of amides is 1. The average Bonchev–Trinajstić information content (AvgIpc) is 2.35. The number of likely N-dealkylation sites (tertiary alicyclic amines) is 1. The number of carbonyl (C=O) groups is 1. The van der Waals surface area contributed by atoms with Crippen molar-refractivity contribution in [3.63, 3.8) is 0 Å². The molecule has 2 N–H and O–H groups in total. The molecule has 1 aromatic rings. The average molecular weight is 232 g/mol. The van der Waals surface area contributed by atoms with E-state index in [0.29, 0.717) is 6.42 Å². The molecule has 17 heavy (non-hydrogen) atoms. The molecule has 1 aliphatic rings. The fourth-order valence-electron chi connectivity index (χ4n) is 2.56. The van der Waals surface area contributed by atoms with Crippen LogP contribution in [-0.2, 0) is 4.79 Å². The summed E-state index contributed by atoms with van der Waals surface area (Å²) >= 11 is 0. The Hall–Kier alpha value is -1.35. The van der Waals surface area contributed by atoms with Crippen LogP contribution in [0.15, 0.2) is 30.3 Å². The second-order valence-corrected chi connectivity index (χ2v) is 4.65. The van der Waals surface area contributed by atoms with Crippen LogP contribution in [-0.4, -0.2) is 23.4 Å². The van der Waals surface area contributed by atoms with Crippen LogP contribution in [0.1, 0.15) is 37.8 Å². The largest absolute Gasteiger partial charge is 0.334 e. The third-order valence-corrected chi connectivity index (χ3v) is 3.36. The second kappa shape index (κ2) is 5.32. The third-order valence-electron chi connectivity index (χ3n) is 3.36. The predicted molar refractivity (Wildman–Crippen MR) is 68.4 cm³/mol. The quantitative estimate of drug-likeness (QED) is 0.867. The van der Waals surface area contributed by atoms with Crippen LogP contribution in [0.25, 0.3) is 0 Å². The first-order valence-corrected chi connectivity index (χ1v) is 6.34. The number of hydrogen-bond acceptors (Lipinski definition) is 2. The summed E-state index contributed by atoms with van der Waals surface area (Å²) in [5, 5.41) is 0. The van der Waals surface area contributed by atoms with E-state index in [4.69, 9.17) is 5.73 Å². The first-order chi connectivity index (χ1) is 8.24. The number of benzene rings is 1. The molecule has 1 heterocycles. The van der Waals surface area contributed by atoms with Gasteiger partial charge in [0.15, 0.2) is 0 Å². The van der Waals surface area contributed by atoms with Gasteiger partial charge in [0.25, 0.3) is 0 Å². The molecule has 0 saturated carbocycles. The van der Waals surface area contributed by atoms with Crippen LogP contribution in [0.5, 0.6) is 0 Å². The van der Waals surface area contributed by atoms with E-state index in [-0.39, 0.29) is 18.0 Å². The summed E-state index contributed by atoms with van der Waals surface area (Å²) in [4.78, 5) is 13.9. The molecule has 0 aromatic heterocycles. The normalized spacial score (nSPS) is 25.1. The molecular formula is C14H20N2O. The Morgan fingerprint density at radius 1 is 1.35 bits per heavy atom. The molecule has 1 amide bonds. The van der Waals surface area contributed by atoms with Crippen molar-refractivity contribution in [1.82, 2.24) is 4.90 Å². The fraction of sp³-hybridized carbons (Fsp3) is 0.500. The van der Waals surface area contributed by atoms with Crippen molar-refractivity contribution in [1.29, 1.82) is 0 Å². The lowest BCUT2D eigenvalue weighted by molar-refractivity contribution is -0.137. The summed E-state index contributed by atoms with van der Waals surface area (Å²) in [7, 11) is 0. The predicted octanol–water partition coefficient (Wildman–Crippen LogP) is 2.09. The van der Waals surface area contributed by atoms with E-state index >= 15 is 0 Å². The number of hydrogen-bond donors (Lipinski definition) is 1. The van der Waals surface area contributed by atoms with E-state index in [0.717, 1.165) is 24.9 Å². The van der Waals surface area contributed by atoms with Gasteiger partial charge >= 0.3 is 0 Å². The molecule has 0 radical (unpaired) electrons. The minimum Gasteiger partial charge on any atom is -0.334 e. The molecule has 0 bridgehead atoms. The number of rotatable bonds is 3. The first kappa shape index (κ1) is 12.1. The number of piperidine rings is 1. The van der Waals surface area contributed by atoms with Crippen molar-refractivity contribution < 1.29 is 4.79 Å². The maximum atomic E-state index is 12.0. The molecule has 1 aliphatic heterocycles. The smallest absolute Gasteiger partial charge is 0.223 e. The van der Waals surface area contributed by atoms with Gasteiger partial charge in [-0.3, -0.25) is 4.79 Å². The molecule has 1 fully saturated rings. The van der Waals surface area contributed by atoms with E-state index in [9.17, 15) is 4.79 Å². The highest BCUT2D eigenvalue weighted by molar-refractivity contribution is 5.78. The Labute approximate surface area is 103 Å². The van der Waals surface area contributed by atoms with Gasteiger partial charge in [-0.2, -0.15) is 0 Å². The first-order valence-electron chi connectivity index (χ1n) is 6.34. The van der Waals surface area contributed by atoms with Gasteiger partial charge in [-0.1, -0.05) is 37.3 Å². The molecule has 2 atom stereocenters. The zero-order valence-corrected chi connectivity index (χ0v) is 10.3. The van der Waals surface area contributed by atoms with Crippen molar-refractivity contribution in [2.75, 3.05) is 6.54 Å². The van der Waals surface area contributed by atoms with Gasteiger partial charge in [0.2, 0.25) is 5.91 Å². The van der Waals surface area contributed by atoms with Crippen LogP contribution < -0.4 is 5.73 Å². The molecule has 92 valence electrons. The monoisotopic (exact) mass is 232 g/mol.